The summed E-state index contributed by atoms with van der Waals surface area (Å²) in [5.74, 6) is 0.883. The highest BCUT2D eigenvalue weighted by Crippen LogP contribution is 2.33. The molecular weight excluding hydrogens is 328 g/mol. The number of carbonyl (C=O) groups is 1. The Balaban J connectivity index is 1.60. The van der Waals surface area contributed by atoms with Gasteiger partial charge in [-0.1, -0.05) is 0 Å². The van der Waals surface area contributed by atoms with Crippen molar-refractivity contribution in [3.8, 4) is 0 Å². The molecule has 2 aromatic rings. The number of amides is 1. The number of pyridine rings is 1. The van der Waals surface area contributed by atoms with Gasteiger partial charge >= 0.3 is 0 Å². The standard InChI is InChI=1S/C19H26N6O/c1-24-10-7-13(8-11-24)19(26)25-9-3-2-4-16(25)15-6-5-14-17(20)21-12-22-18(14)23-15/h5-6,12-13,16H,2-4,7-11H2,1H3,(H2,20,21,22,23). The van der Waals surface area contributed by atoms with E-state index in [1.165, 1.54) is 6.33 Å². The Morgan fingerprint density at radius 3 is 2.73 bits per heavy atom. The van der Waals surface area contributed by atoms with E-state index in [4.69, 9.17) is 10.7 Å². The molecule has 0 bridgehead atoms. The largest absolute Gasteiger partial charge is 0.383 e. The van der Waals surface area contributed by atoms with Gasteiger partial charge in [0, 0.05) is 12.5 Å². The number of anilines is 1. The van der Waals surface area contributed by atoms with Crippen LogP contribution < -0.4 is 5.73 Å². The number of likely N-dealkylation sites (tertiary alicyclic amines) is 2. The van der Waals surface area contributed by atoms with Gasteiger partial charge in [0.15, 0.2) is 5.65 Å². The van der Waals surface area contributed by atoms with Gasteiger partial charge in [-0.3, -0.25) is 4.79 Å². The van der Waals surface area contributed by atoms with Crippen LogP contribution >= 0.6 is 0 Å². The molecule has 2 fully saturated rings. The van der Waals surface area contributed by atoms with Crippen LogP contribution in [-0.2, 0) is 4.79 Å². The molecule has 26 heavy (non-hydrogen) atoms. The fraction of sp³-hybridized carbons (Fsp3) is 0.579. The lowest BCUT2D eigenvalue weighted by atomic mass is 9.91. The molecule has 138 valence electrons. The van der Waals surface area contributed by atoms with Crippen LogP contribution in [0.5, 0.6) is 0 Å². The zero-order chi connectivity index (χ0) is 18.1. The lowest BCUT2D eigenvalue weighted by Gasteiger charge is -2.39. The second-order valence-corrected chi connectivity index (χ2v) is 7.49. The van der Waals surface area contributed by atoms with Crippen LogP contribution in [0.15, 0.2) is 18.5 Å². The molecular formula is C19H26N6O. The number of hydrogen-bond acceptors (Lipinski definition) is 6. The first-order valence-corrected chi connectivity index (χ1v) is 9.49. The molecule has 2 aliphatic heterocycles. The fourth-order valence-electron chi connectivity index (χ4n) is 4.16. The molecule has 1 amide bonds. The first-order chi connectivity index (χ1) is 12.6. The van der Waals surface area contributed by atoms with Crippen molar-refractivity contribution in [1.82, 2.24) is 24.8 Å². The van der Waals surface area contributed by atoms with Crippen LogP contribution in [0.4, 0.5) is 5.82 Å². The summed E-state index contributed by atoms with van der Waals surface area (Å²) in [6, 6.07) is 3.95. The molecule has 1 unspecified atom stereocenters. The van der Waals surface area contributed by atoms with Gasteiger partial charge in [-0.2, -0.15) is 0 Å². The number of nitrogen functional groups attached to an aromatic ring is 1. The SMILES string of the molecule is CN1CCC(C(=O)N2CCCCC2c2ccc3c(N)ncnc3n2)CC1. The predicted molar refractivity (Wildman–Crippen MR) is 100 cm³/mol. The summed E-state index contributed by atoms with van der Waals surface area (Å²) in [7, 11) is 2.12. The molecule has 0 saturated carbocycles. The number of nitrogens with zero attached hydrogens (tertiary/aromatic N) is 5. The van der Waals surface area contributed by atoms with E-state index < -0.39 is 0 Å². The minimum Gasteiger partial charge on any atom is -0.383 e. The Bertz CT molecular complexity index is 802. The average molecular weight is 354 g/mol. The first kappa shape index (κ1) is 17.1. The molecule has 0 aromatic carbocycles. The second kappa shape index (κ2) is 7.15. The zero-order valence-electron chi connectivity index (χ0n) is 15.3. The van der Waals surface area contributed by atoms with Crippen molar-refractivity contribution in [1.29, 1.82) is 0 Å². The molecule has 2 N–H and O–H groups in total. The van der Waals surface area contributed by atoms with Gasteiger partial charge < -0.3 is 15.5 Å². The Kier molecular flexibility index (Phi) is 4.72. The highest BCUT2D eigenvalue weighted by molar-refractivity contribution is 5.85. The van der Waals surface area contributed by atoms with Gasteiger partial charge in [-0.15, -0.1) is 0 Å². The fourth-order valence-corrected chi connectivity index (χ4v) is 4.16. The summed E-state index contributed by atoms with van der Waals surface area (Å²) >= 11 is 0. The van der Waals surface area contributed by atoms with Gasteiger partial charge in [0.05, 0.1) is 17.1 Å². The maximum absolute atomic E-state index is 13.2. The third-order valence-electron chi connectivity index (χ3n) is 5.74. The number of fused-ring (bicyclic) bond motifs is 1. The van der Waals surface area contributed by atoms with E-state index in [9.17, 15) is 4.79 Å². The van der Waals surface area contributed by atoms with Gasteiger partial charge in [-0.05, 0) is 64.4 Å². The molecule has 2 aromatic heterocycles. The molecule has 1 atom stereocenters. The van der Waals surface area contributed by atoms with Crippen molar-refractivity contribution >= 4 is 22.8 Å². The Labute approximate surface area is 153 Å². The third kappa shape index (κ3) is 3.23. The maximum atomic E-state index is 13.2. The molecule has 0 radical (unpaired) electrons. The molecule has 2 saturated heterocycles. The van der Waals surface area contributed by atoms with Gasteiger partial charge in [0.2, 0.25) is 5.91 Å². The van der Waals surface area contributed by atoms with Crippen LogP contribution in [0.1, 0.15) is 43.8 Å². The average Bonchev–Trinajstić information content (AvgIpc) is 2.68. The summed E-state index contributed by atoms with van der Waals surface area (Å²) in [4.78, 5) is 30.5. The number of rotatable bonds is 2. The van der Waals surface area contributed by atoms with Gasteiger partial charge in [0.25, 0.3) is 0 Å². The summed E-state index contributed by atoms with van der Waals surface area (Å²) in [5, 5.41) is 0.764. The Morgan fingerprint density at radius 1 is 1.12 bits per heavy atom. The lowest BCUT2D eigenvalue weighted by molar-refractivity contribution is -0.141. The molecule has 7 nitrogen and oxygen atoms in total. The molecule has 4 heterocycles. The molecule has 4 rings (SSSR count). The number of carbonyl (C=O) groups excluding carboxylic acids is 1. The van der Waals surface area contributed by atoms with Crippen molar-refractivity contribution in [2.24, 2.45) is 5.92 Å². The van der Waals surface area contributed by atoms with E-state index in [0.717, 1.165) is 62.8 Å². The first-order valence-electron chi connectivity index (χ1n) is 9.49. The summed E-state index contributed by atoms with van der Waals surface area (Å²) < 4.78 is 0. The van der Waals surface area contributed by atoms with Crippen LogP contribution in [-0.4, -0.2) is 57.3 Å². The number of piperidine rings is 2. The lowest BCUT2D eigenvalue weighted by Crippen LogP contribution is -2.45. The van der Waals surface area contributed by atoms with E-state index in [1.807, 2.05) is 12.1 Å². The third-order valence-corrected chi connectivity index (χ3v) is 5.74. The minimum absolute atomic E-state index is 0.0384. The minimum atomic E-state index is 0.0384. The van der Waals surface area contributed by atoms with E-state index in [0.29, 0.717) is 17.4 Å². The summed E-state index contributed by atoms with van der Waals surface area (Å²) in [6.45, 7) is 2.82. The van der Waals surface area contributed by atoms with Crippen LogP contribution in [0, 0.1) is 5.92 Å². The van der Waals surface area contributed by atoms with E-state index >= 15 is 0 Å². The van der Waals surface area contributed by atoms with E-state index in [-0.39, 0.29) is 12.0 Å². The molecule has 0 spiro atoms. The van der Waals surface area contributed by atoms with E-state index in [2.05, 4.69) is 26.8 Å². The van der Waals surface area contributed by atoms with Crippen molar-refractivity contribution < 1.29 is 4.79 Å². The topological polar surface area (TPSA) is 88.2 Å². The Hall–Kier alpha value is -2.28. The van der Waals surface area contributed by atoms with Gasteiger partial charge in [-0.25, -0.2) is 15.0 Å². The smallest absolute Gasteiger partial charge is 0.226 e. The van der Waals surface area contributed by atoms with Crippen LogP contribution in [0.25, 0.3) is 11.0 Å². The normalized spacial score (nSPS) is 22.7. The summed E-state index contributed by atoms with van der Waals surface area (Å²) in [5.41, 5.74) is 7.43. The number of nitrogens with two attached hydrogens (primary N) is 1. The second-order valence-electron chi connectivity index (χ2n) is 7.49. The van der Waals surface area contributed by atoms with Crippen molar-refractivity contribution in [2.45, 2.75) is 38.1 Å². The molecule has 0 aliphatic carbocycles. The quantitative estimate of drug-likeness (QED) is 0.887. The van der Waals surface area contributed by atoms with E-state index in [1.54, 1.807) is 0 Å². The molecule has 2 aliphatic rings. The number of hydrogen-bond donors (Lipinski definition) is 1. The molecule has 7 heteroatoms. The highest BCUT2D eigenvalue weighted by atomic mass is 16.2. The van der Waals surface area contributed by atoms with Crippen molar-refractivity contribution in [2.75, 3.05) is 32.4 Å². The Morgan fingerprint density at radius 2 is 1.92 bits per heavy atom. The highest BCUT2D eigenvalue weighted by Gasteiger charge is 2.34. The number of aromatic nitrogens is 3. The summed E-state index contributed by atoms with van der Waals surface area (Å²) in [6.07, 6.45) is 6.49. The monoisotopic (exact) mass is 354 g/mol. The van der Waals surface area contributed by atoms with Crippen LogP contribution in [0.3, 0.4) is 0 Å². The van der Waals surface area contributed by atoms with Gasteiger partial charge in [0.1, 0.15) is 12.1 Å². The van der Waals surface area contributed by atoms with Crippen molar-refractivity contribution in [3.63, 3.8) is 0 Å². The predicted octanol–water partition coefficient (Wildman–Crippen LogP) is 2.00. The zero-order valence-corrected chi connectivity index (χ0v) is 15.3. The maximum Gasteiger partial charge on any atom is 0.226 e. The van der Waals surface area contributed by atoms with Crippen molar-refractivity contribution in [3.05, 3.63) is 24.2 Å². The van der Waals surface area contributed by atoms with Crippen LogP contribution in [0.2, 0.25) is 0 Å².